The van der Waals surface area contributed by atoms with Crippen molar-refractivity contribution in [1.29, 1.82) is 0 Å². The summed E-state index contributed by atoms with van der Waals surface area (Å²) >= 11 is 0.967. The van der Waals surface area contributed by atoms with Gasteiger partial charge in [-0.2, -0.15) is 13.2 Å². The van der Waals surface area contributed by atoms with Gasteiger partial charge in [0.25, 0.3) is 5.91 Å². The van der Waals surface area contributed by atoms with Gasteiger partial charge in [0, 0.05) is 11.9 Å². The molecule has 0 aromatic carbocycles. The Hall–Kier alpha value is -1.38. The molecule has 1 amide bonds. The van der Waals surface area contributed by atoms with Crippen LogP contribution in [0.2, 0.25) is 0 Å². The second-order valence-electron chi connectivity index (χ2n) is 5.15. The second-order valence-corrected chi connectivity index (χ2v) is 6.15. The number of halogens is 4. The molecule has 0 bridgehead atoms. The Balaban J connectivity index is 0.00000264. The minimum absolute atomic E-state index is 0. The molecule has 4 nitrogen and oxygen atoms in total. The van der Waals surface area contributed by atoms with Gasteiger partial charge in [-0.3, -0.25) is 4.79 Å². The van der Waals surface area contributed by atoms with Crippen molar-refractivity contribution in [3.63, 3.8) is 0 Å². The number of nitrogens with zero attached hydrogens (tertiary/aromatic N) is 1. The van der Waals surface area contributed by atoms with Crippen LogP contribution < -0.4 is 11.1 Å². The van der Waals surface area contributed by atoms with E-state index in [1.807, 2.05) is 6.92 Å². The molecule has 2 heterocycles. The fourth-order valence-corrected chi connectivity index (χ4v) is 3.00. The summed E-state index contributed by atoms with van der Waals surface area (Å²) in [5.41, 5.74) is 5.16. The molecule has 2 rings (SSSR count). The maximum Gasteiger partial charge on any atom is 0.433 e. The molecule has 0 aliphatic rings. The number of aryl methyl sites for hydroxylation is 1. The molecule has 0 aliphatic heterocycles. The summed E-state index contributed by atoms with van der Waals surface area (Å²) in [7, 11) is 0. The number of thiophene rings is 1. The Labute approximate surface area is 141 Å². The number of pyridine rings is 1. The van der Waals surface area contributed by atoms with Gasteiger partial charge in [-0.1, -0.05) is 6.92 Å². The number of aromatic nitrogens is 1. The van der Waals surface area contributed by atoms with Crippen molar-refractivity contribution in [1.82, 2.24) is 10.3 Å². The van der Waals surface area contributed by atoms with E-state index in [2.05, 4.69) is 10.3 Å². The fraction of sp³-hybridized carbons (Fsp3) is 0.429. The van der Waals surface area contributed by atoms with Crippen molar-refractivity contribution in [2.45, 2.75) is 20.0 Å². The molecular weight excluding hydrogens is 351 g/mol. The first-order chi connectivity index (χ1) is 10.2. The molecule has 128 valence electrons. The Morgan fingerprint density at radius 3 is 2.65 bits per heavy atom. The van der Waals surface area contributed by atoms with Crippen molar-refractivity contribution in [2.75, 3.05) is 13.1 Å². The first-order valence-corrected chi connectivity index (χ1v) is 7.51. The lowest BCUT2D eigenvalue weighted by Gasteiger charge is -2.09. The first kappa shape index (κ1) is 19.7. The SMILES string of the molecule is Cc1c(C(=O)NCC(C)CN)sc2nc(C(F)(F)F)ccc12.Cl. The van der Waals surface area contributed by atoms with Crippen molar-refractivity contribution in [3.8, 4) is 0 Å². The normalized spacial score (nSPS) is 12.8. The molecule has 0 saturated carbocycles. The molecule has 9 heteroatoms. The number of alkyl halides is 3. The van der Waals surface area contributed by atoms with Gasteiger partial charge in [0.15, 0.2) is 0 Å². The van der Waals surface area contributed by atoms with E-state index in [0.29, 0.717) is 28.9 Å². The van der Waals surface area contributed by atoms with Crippen LogP contribution in [0.1, 0.15) is 27.9 Å². The molecule has 0 aliphatic carbocycles. The number of rotatable bonds is 4. The van der Waals surface area contributed by atoms with E-state index in [-0.39, 0.29) is 29.1 Å². The lowest BCUT2D eigenvalue weighted by Crippen LogP contribution is -2.31. The van der Waals surface area contributed by atoms with Gasteiger partial charge >= 0.3 is 6.18 Å². The van der Waals surface area contributed by atoms with Crippen LogP contribution in [0.15, 0.2) is 12.1 Å². The third-order valence-electron chi connectivity index (χ3n) is 3.31. The van der Waals surface area contributed by atoms with E-state index in [1.54, 1.807) is 6.92 Å². The highest BCUT2D eigenvalue weighted by molar-refractivity contribution is 7.20. The minimum atomic E-state index is -4.49. The summed E-state index contributed by atoms with van der Waals surface area (Å²) in [5, 5.41) is 3.30. The van der Waals surface area contributed by atoms with Crippen LogP contribution in [-0.2, 0) is 6.18 Å². The predicted molar refractivity (Wildman–Crippen MR) is 87.2 cm³/mol. The van der Waals surface area contributed by atoms with Crippen molar-refractivity contribution in [2.24, 2.45) is 11.7 Å². The van der Waals surface area contributed by atoms with Crippen LogP contribution in [0.5, 0.6) is 0 Å². The van der Waals surface area contributed by atoms with Gasteiger partial charge < -0.3 is 11.1 Å². The van der Waals surface area contributed by atoms with E-state index in [1.165, 1.54) is 6.07 Å². The van der Waals surface area contributed by atoms with Crippen LogP contribution >= 0.6 is 23.7 Å². The van der Waals surface area contributed by atoms with Crippen molar-refractivity contribution >= 4 is 39.9 Å². The molecule has 0 fully saturated rings. The molecule has 2 aromatic rings. The molecule has 1 atom stereocenters. The third kappa shape index (κ3) is 4.33. The Morgan fingerprint density at radius 1 is 1.43 bits per heavy atom. The maximum atomic E-state index is 12.7. The van der Waals surface area contributed by atoms with Crippen LogP contribution in [0.4, 0.5) is 13.2 Å². The highest BCUT2D eigenvalue weighted by atomic mass is 35.5. The van der Waals surface area contributed by atoms with Crippen LogP contribution in [-0.4, -0.2) is 24.0 Å². The number of nitrogens with one attached hydrogen (secondary N) is 1. The van der Waals surface area contributed by atoms with Crippen LogP contribution in [0, 0.1) is 12.8 Å². The predicted octanol–water partition coefficient (Wildman–Crippen LogP) is 3.37. The van der Waals surface area contributed by atoms with E-state index in [4.69, 9.17) is 5.73 Å². The highest BCUT2D eigenvalue weighted by Crippen LogP contribution is 2.34. The molecule has 0 spiro atoms. The number of amides is 1. The zero-order chi connectivity index (χ0) is 16.5. The molecule has 23 heavy (non-hydrogen) atoms. The Kier molecular flexibility index (Phi) is 6.38. The van der Waals surface area contributed by atoms with E-state index >= 15 is 0 Å². The molecule has 3 N–H and O–H groups in total. The van der Waals surface area contributed by atoms with Crippen molar-refractivity contribution in [3.05, 3.63) is 28.3 Å². The summed E-state index contributed by atoms with van der Waals surface area (Å²) in [6, 6.07) is 2.29. The van der Waals surface area contributed by atoms with Crippen LogP contribution in [0.3, 0.4) is 0 Å². The maximum absolute atomic E-state index is 12.7. The number of hydrogen-bond donors (Lipinski definition) is 2. The van der Waals surface area contributed by atoms with Gasteiger partial charge in [-0.25, -0.2) is 4.98 Å². The third-order valence-corrected chi connectivity index (χ3v) is 4.51. The quantitative estimate of drug-likeness (QED) is 0.870. The van der Waals surface area contributed by atoms with E-state index in [9.17, 15) is 18.0 Å². The molecule has 0 saturated heterocycles. The second kappa shape index (κ2) is 7.46. The van der Waals surface area contributed by atoms with E-state index in [0.717, 1.165) is 17.4 Å². The van der Waals surface area contributed by atoms with E-state index < -0.39 is 11.9 Å². The van der Waals surface area contributed by atoms with Gasteiger partial charge in [-0.05, 0) is 37.1 Å². The molecule has 0 radical (unpaired) electrons. The average Bonchev–Trinajstić information content (AvgIpc) is 2.80. The van der Waals surface area contributed by atoms with Crippen molar-refractivity contribution < 1.29 is 18.0 Å². The summed E-state index contributed by atoms with van der Waals surface area (Å²) in [6.45, 7) is 4.47. The van der Waals surface area contributed by atoms with Crippen LogP contribution in [0.25, 0.3) is 10.2 Å². The number of carbonyl (C=O) groups excluding carboxylic acids is 1. The minimum Gasteiger partial charge on any atom is -0.351 e. The smallest absolute Gasteiger partial charge is 0.351 e. The summed E-state index contributed by atoms with van der Waals surface area (Å²) in [5.74, 6) is -0.178. The zero-order valence-electron chi connectivity index (χ0n) is 12.5. The Morgan fingerprint density at radius 2 is 2.09 bits per heavy atom. The monoisotopic (exact) mass is 367 g/mol. The van der Waals surface area contributed by atoms with Gasteiger partial charge in [0.05, 0.1) is 4.88 Å². The number of hydrogen-bond acceptors (Lipinski definition) is 4. The molecular formula is C14H17ClF3N3OS. The largest absolute Gasteiger partial charge is 0.433 e. The lowest BCUT2D eigenvalue weighted by molar-refractivity contribution is -0.140. The lowest BCUT2D eigenvalue weighted by atomic mass is 10.1. The summed E-state index contributed by atoms with van der Waals surface area (Å²) in [6.07, 6.45) is -4.49. The summed E-state index contributed by atoms with van der Waals surface area (Å²) < 4.78 is 38.0. The fourth-order valence-electron chi connectivity index (χ4n) is 1.90. The van der Waals surface area contributed by atoms with Gasteiger partial charge in [0.2, 0.25) is 0 Å². The molecule has 2 aromatic heterocycles. The van der Waals surface area contributed by atoms with Gasteiger partial charge in [0.1, 0.15) is 10.5 Å². The molecule has 1 unspecified atom stereocenters. The van der Waals surface area contributed by atoms with Gasteiger partial charge in [-0.15, -0.1) is 23.7 Å². The number of carbonyl (C=O) groups is 1. The topological polar surface area (TPSA) is 68.0 Å². The zero-order valence-corrected chi connectivity index (χ0v) is 14.2. The summed E-state index contributed by atoms with van der Waals surface area (Å²) in [4.78, 5) is 16.4. The Bertz CT molecular complexity index is 702. The number of fused-ring (bicyclic) bond motifs is 1. The highest BCUT2D eigenvalue weighted by Gasteiger charge is 2.33. The standard InChI is InChI=1S/C14H16F3N3OS.ClH/c1-7(5-18)6-19-12(21)11-8(2)9-3-4-10(14(15,16)17)20-13(9)22-11;/h3-4,7H,5-6,18H2,1-2H3,(H,19,21);1H. The number of nitrogens with two attached hydrogens (primary N) is 1. The first-order valence-electron chi connectivity index (χ1n) is 6.69. The average molecular weight is 368 g/mol.